The molecule has 1 rings (SSSR count). The fourth-order valence-electron chi connectivity index (χ4n) is 1.79. The lowest BCUT2D eigenvalue weighted by molar-refractivity contribution is -0.116. The number of anilines is 1. The van der Waals surface area contributed by atoms with E-state index in [1.165, 1.54) is 0 Å². The second kappa shape index (κ2) is 6.61. The Bertz CT molecular complexity index is 421. The van der Waals surface area contributed by atoms with Crippen LogP contribution >= 0.6 is 11.6 Å². The highest BCUT2D eigenvalue weighted by Gasteiger charge is 2.14. The summed E-state index contributed by atoms with van der Waals surface area (Å²) in [6, 6.07) is 5.98. The van der Waals surface area contributed by atoms with E-state index in [1.807, 2.05) is 44.0 Å². The van der Waals surface area contributed by atoms with E-state index in [-0.39, 0.29) is 18.5 Å². The molecule has 0 aromatic heterocycles. The van der Waals surface area contributed by atoms with Crippen LogP contribution in [-0.2, 0) is 11.3 Å². The number of benzene rings is 1. The number of halogens is 1. The summed E-state index contributed by atoms with van der Waals surface area (Å²) in [4.78, 5) is 13.0. The largest absolute Gasteiger partial charge is 0.368 e. The molecule has 0 aliphatic carbocycles. The minimum Gasteiger partial charge on any atom is -0.368 e. The molecule has 0 fully saturated rings. The Balaban J connectivity index is 2.99. The highest BCUT2D eigenvalue weighted by Crippen LogP contribution is 2.25. The van der Waals surface area contributed by atoms with Gasteiger partial charge in [0.1, 0.15) is 0 Å². The molecular weight excluding hydrogens is 250 g/mol. The van der Waals surface area contributed by atoms with Crippen LogP contribution in [0.5, 0.6) is 0 Å². The monoisotopic (exact) mass is 269 g/mol. The standard InChI is InChI=1S/C13H20ClN3O/c1-9(2)17(8-13(15)18)11-5-4-10(7-16-3)12(14)6-11/h4-6,9,16H,7-8H2,1-3H3,(H2,15,18). The molecule has 0 radical (unpaired) electrons. The Morgan fingerprint density at radius 3 is 2.61 bits per heavy atom. The summed E-state index contributed by atoms with van der Waals surface area (Å²) in [6.07, 6.45) is 0. The smallest absolute Gasteiger partial charge is 0.236 e. The van der Waals surface area contributed by atoms with Crippen molar-refractivity contribution in [2.75, 3.05) is 18.5 Å². The summed E-state index contributed by atoms with van der Waals surface area (Å²) in [5.41, 5.74) is 7.20. The first-order chi connectivity index (χ1) is 8.45. The Hall–Kier alpha value is -1.26. The maximum atomic E-state index is 11.1. The van der Waals surface area contributed by atoms with Crippen LogP contribution in [0.1, 0.15) is 19.4 Å². The number of primary amides is 1. The van der Waals surface area contributed by atoms with E-state index in [0.717, 1.165) is 17.8 Å². The number of carbonyl (C=O) groups is 1. The van der Waals surface area contributed by atoms with E-state index >= 15 is 0 Å². The second-order valence-corrected chi connectivity index (χ2v) is 4.90. The third-order valence-electron chi connectivity index (χ3n) is 2.69. The van der Waals surface area contributed by atoms with E-state index in [9.17, 15) is 4.79 Å². The fourth-order valence-corrected chi connectivity index (χ4v) is 2.03. The molecular formula is C13H20ClN3O. The molecule has 1 amide bonds. The van der Waals surface area contributed by atoms with Crippen LogP contribution in [0.25, 0.3) is 0 Å². The highest BCUT2D eigenvalue weighted by molar-refractivity contribution is 6.31. The molecule has 3 N–H and O–H groups in total. The number of nitrogens with one attached hydrogen (secondary N) is 1. The van der Waals surface area contributed by atoms with Crippen molar-refractivity contribution in [1.29, 1.82) is 0 Å². The topological polar surface area (TPSA) is 58.4 Å². The molecule has 0 heterocycles. The number of carbonyl (C=O) groups excluding carboxylic acids is 1. The molecule has 4 nitrogen and oxygen atoms in total. The minimum atomic E-state index is -0.348. The van der Waals surface area contributed by atoms with Gasteiger partial charge in [-0.05, 0) is 38.6 Å². The van der Waals surface area contributed by atoms with Gasteiger partial charge in [0.25, 0.3) is 0 Å². The highest BCUT2D eigenvalue weighted by atomic mass is 35.5. The lowest BCUT2D eigenvalue weighted by Crippen LogP contribution is -2.38. The van der Waals surface area contributed by atoms with Crippen molar-refractivity contribution in [2.24, 2.45) is 5.73 Å². The van der Waals surface area contributed by atoms with Crippen molar-refractivity contribution in [3.63, 3.8) is 0 Å². The molecule has 0 aliphatic rings. The van der Waals surface area contributed by atoms with Gasteiger partial charge in [0.15, 0.2) is 0 Å². The van der Waals surface area contributed by atoms with Gasteiger partial charge in [-0.3, -0.25) is 4.79 Å². The zero-order valence-corrected chi connectivity index (χ0v) is 11.8. The molecule has 0 unspecified atom stereocenters. The van der Waals surface area contributed by atoms with Gasteiger partial charge in [-0.25, -0.2) is 0 Å². The maximum absolute atomic E-state index is 11.1. The average molecular weight is 270 g/mol. The number of hydrogen-bond acceptors (Lipinski definition) is 3. The summed E-state index contributed by atoms with van der Waals surface area (Å²) < 4.78 is 0. The Morgan fingerprint density at radius 2 is 2.17 bits per heavy atom. The molecule has 5 heteroatoms. The predicted octanol–water partition coefficient (Wildman–Crippen LogP) is 1.76. The number of nitrogens with zero attached hydrogens (tertiary/aromatic N) is 1. The lowest BCUT2D eigenvalue weighted by Gasteiger charge is -2.28. The third-order valence-corrected chi connectivity index (χ3v) is 3.04. The molecule has 0 spiro atoms. The van der Waals surface area contributed by atoms with Crippen molar-refractivity contribution in [2.45, 2.75) is 26.4 Å². The molecule has 1 aromatic carbocycles. The van der Waals surface area contributed by atoms with E-state index in [1.54, 1.807) is 0 Å². The van der Waals surface area contributed by atoms with E-state index in [4.69, 9.17) is 17.3 Å². The Morgan fingerprint density at radius 1 is 1.50 bits per heavy atom. The van der Waals surface area contributed by atoms with Crippen LogP contribution < -0.4 is 16.0 Å². The summed E-state index contributed by atoms with van der Waals surface area (Å²) in [5.74, 6) is -0.348. The second-order valence-electron chi connectivity index (χ2n) is 4.49. The van der Waals surface area contributed by atoms with Crippen molar-refractivity contribution in [3.8, 4) is 0 Å². The lowest BCUT2D eigenvalue weighted by atomic mass is 10.1. The number of amides is 1. The molecule has 0 bridgehead atoms. The molecule has 1 aromatic rings. The van der Waals surface area contributed by atoms with Crippen LogP contribution in [0.3, 0.4) is 0 Å². The molecule has 0 atom stereocenters. The van der Waals surface area contributed by atoms with Crippen molar-refractivity contribution >= 4 is 23.2 Å². The van der Waals surface area contributed by atoms with E-state index in [0.29, 0.717) is 5.02 Å². The maximum Gasteiger partial charge on any atom is 0.236 e. The van der Waals surface area contributed by atoms with E-state index in [2.05, 4.69) is 5.32 Å². The predicted molar refractivity (Wildman–Crippen MR) is 75.9 cm³/mol. The summed E-state index contributed by atoms with van der Waals surface area (Å²) in [7, 11) is 1.87. The van der Waals surface area contributed by atoms with Gasteiger partial charge in [-0.15, -0.1) is 0 Å². The zero-order valence-electron chi connectivity index (χ0n) is 11.0. The van der Waals surface area contributed by atoms with Gasteiger partial charge < -0.3 is 16.0 Å². The summed E-state index contributed by atoms with van der Waals surface area (Å²) in [6.45, 7) is 4.94. The third kappa shape index (κ3) is 3.89. The number of hydrogen-bond donors (Lipinski definition) is 2. The van der Waals surface area contributed by atoms with Crippen molar-refractivity contribution in [1.82, 2.24) is 5.32 Å². The molecule has 0 saturated carbocycles. The van der Waals surface area contributed by atoms with Crippen LogP contribution in [0.4, 0.5) is 5.69 Å². The van der Waals surface area contributed by atoms with Gasteiger partial charge in [0.05, 0.1) is 6.54 Å². The number of nitrogens with two attached hydrogens (primary N) is 1. The Labute approximate surface area is 113 Å². The molecule has 18 heavy (non-hydrogen) atoms. The van der Waals surface area contributed by atoms with Gasteiger partial charge in [0, 0.05) is 23.3 Å². The van der Waals surface area contributed by atoms with Crippen LogP contribution in [0, 0.1) is 0 Å². The molecule has 0 saturated heterocycles. The van der Waals surface area contributed by atoms with Crippen molar-refractivity contribution < 1.29 is 4.79 Å². The molecule has 0 aliphatic heterocycles. The SMILES string of the molecule is CNCc1ccc(N(CC(N)=O)C(C)C)cc1Cl. The molecule has 100 valence electrons. The first-order valence-electron chi connectivity index (χ1n) is 5.93. The quantitative estimate of drug-likeness (QED) is 0.827. The first kappa shape index (κ1) is 14.8. The zero-order chi connectivity index (χ0) is 13.7. The normalized spacial score (nSPS) is 10.7. The van der Waals surface area contributed by atoms with Crippen LogP contribution in [0.2, 0.25) is 5.02 Å². The minimum absolute atomic E-state index is 0.184. The summed E-state index contributed by atoms with van der Waals surface area (Å²) in [5, 5.41) is 3.75. The van der Waals surface area contributed by atoms with Crippen molar-refractivity contribution in [3.05, 3.63) is 28.8 Å². The number of rotatable bonds is 6. The first-order valence-corrected chi connectivity index (χ1v) is 6.31. The van der Waals surface area contributed by atoms with E-state index < -0.39 is 0 Å². The van der Waals surface area contributed by atoms with Gasteiger partial charge >= 0.3 is 0 Å². The average Bonchev–Trinajstić information content (AvgIpc) is 2.28. The van der Waals surface area contributed by atoms with Gasteiger partial charge in [-0.1, -0.05) is 17.7 Å². The van der Waals surface area contributed by atoms with Crippen LogP contribution in [0.15, 0.2) is 18.2 Å². The Kier molecular flexibility index (Phi) is 5.44. The van der Waals surface area contributed by atoms with Crippen LogP contribution in [-0.4, -0.2) is 25.5 Å². The summed E-state index contributed by atoms with van der Waals surface area (Å²) >= 11 is 6.21. The fraction of sp³-hybridized carbons (Fsp3) is 0.462. The van der Waals surface area contributed by atoms with Gasteiger partial charge in [0.2, 0.25) is 5.91 Å². The van der Waals surface area contributed by atoms with Gasteiger partial charge in [-0.2, -0.15) is 0 Å².